The van der Waals surface area contributed by atoms with E-state index < -0.39 is 0 Å². The number of pyridine rings is 1. The fourth-order valence-electron chi connectivity index (χ4n) is 2.24. The number of likely N-dealkylation sites (tertiary alicyclic amines) is 1. The van der Waals surface area contributed by atoms with Gasteiger partial charge in [-0.2, -0.15) is 0 Å². The fourth-order valence-corrected chi connectivity index (χ4v) is 2.45. The molecule has 0 saturated carbocycles. The van der Waals surface area contributed by atoms with E-state index in [0.29, 0.717) is 43.1 Å². The molecule has 2 heterocycles. The van der Waals surface area contributed by atoms with E-state index in [-0.39, 0.29) is 18.0 Å². The van der Waals surface area contributed by atoms with Gasteiger partial charge in [0.2, 0.25) is 0 Å². The predicted octanol–water partition coefficient (Wildman–Crippen LogP) is 2.09. The Kier molecular flexibility index (Phi) is 5.38. The van der Waals surface area contributed by atoms with Crippen LogP contribution in [0.2, 0.25) is 5.02 Å². The lowest BCUT2D eigenvalue weighted by Crippen LogP contribution is -2.46. The number of nitrogens with one attached hydrogen (secondary N) is 1. The second-order valence-electron chi connectivity index (χ2n) is 4.79. The maximum absolute atomic E-state index is 12.1. The molecule has 0 atom stereocenters. The number of rotatable bonds is 3. The highest BCUT2D eigenvalue weighted by atomic mass is 35.5. The number of piperidine rings is 1. The molecule has 0 aromatic carbocycles. The second-order valence-corrected chi connectivity index (χ2v) is 5.20. The Morgan fingerprint density at radius 2 is 2.19 bits per heavy atom. The van der Waals surface area contributed by atoms with Crippen LogP contribution in [-0.2, 0) is 4.74 Å². The van der Waals surface area contributed by atoms with Gasteiger partial charge < -0.3 is 15.0 Å². The van der Waals surface area contributed by atoms with Crippen LogP contribution in [-0.4, -0.2) is 47.6 Å². The van der Waals surface area contributed by atoms with Gasteiger partial charge in [0, 0.05) is 31.5 Å². The van der Waals surface area contributed by atoms with Gasteiger partial charge in [0.15, 0.2) is 0 Å². The summed E-state index contributed by atoms with van der Waals surface area (Å²) in [6, 6.07) is 1.62. The molecule has 0 spiro atoms. The van der Waals surface area contributed by atoms with Gasteiger partial charge in [-0.1, -0.05) is 11.6 Å². The van der Waals surface area contributed by atoms with Gasteiger partial charge in [0.25, 0.3) is 5.91 Å². The highest BCUT2D eigenvalue weighted by Gasteiger charge is 2.25. The zero-order chi connectivity index (χ0) is 15.2. The first-order valence-electron chi connectivity index (χ1n) is 6.94. The third-order valence-electron chi connectivity index (χ3n) is 3.37. The van der Waals surface area contributed by atoms with E-state index in [4.69, 9.17) is 16.3 Å². The van der Waals surface area contributed by atoms with Gasteiger partial charge in [-0.25, -0.2) is 4.79 Å². The zero-order valence-electron chi connectivity index (χ0n) is 11.8. The SMILES string of the molecule is CCOC(=O)N1CCC(NC(=O)c2ccncc2Cl)CC1. The van der Waals surface area contributed by atoms with Crippen molar-refractivity contribution < 1.29 is 14.3 Å². The number of hydrogen-bond donors (Lipinski definition) is 1. The summed E-state index contributed by atoms with van der Waals surface area (Å²) in [4.78, 5) is 29.2. The molecular weight excluding hydrogens is 294 g/mol. The first-order valence-corrected chi connectivity index (χ1v) is 7.31. The van der Waals surface area contributed by atoms with Crippen molar-refractivity contribution in [3.8, 4) is 0 Å². The number of nitrogens with zero attached hydrogens (tertiary/aromatic N) is 2. The molecule has 0 bridgehead atoms. The van der Waals surface area contributed by atoms with Gasteiger partial charge in [0.1, 0.15) is 0 Å². The average molecular weight is 312 g/mol. The molecule has 1 aliphatic rings. The maximum Gasteiger partial charge on any atom is 0.409 e. The molecule has 2 amide bonds. The molecule has 0 unspecified atom stereocenters. The minimum absolute atomic E-state index is 0.0346. The fraction of sp³-hybridized carbons (Fsp3) is 0.500. The van der Waals surface area contributed by atoms with Crippen molar-refractivity contribution >= 4 is 23.6 Å². The number of ether oxygens (including phenoxy) is 1. The highest BCUT2D eigenvalue weighted by molar-refractivity contribution is 6.33. The molecule has 2 rings (SSSR count). The van der Waals surface area contributed by atoms with Crippen molar-refractivity contribution in [2.75, 3.05) is 19.7 Å². The topological polar surface area (TPSA) is 71.5 Å². The van der Waals surface area contributed by atoms with Crippen molar-refractivity contribution in [1.82, 2.24) is 15.2 Å². The summed E-state index contributed by atoms with van der Waals surface area (Å²) in [6.45, 7) is 3.31. The summed E-state index contributed by atoms with van der Waals surface area (Å²) < 4.78 is 4.96. The standard InChI is InChI=1S/C14H18ClN3O3/c1-2-21-14(20)18-7-4-10(5-8-18)17-13(19)11-3-6-16-9-12(11)15/h3,6,9-10H,2,4-5,7-8H2,1H3,(H,17,19). The number of carbonyl (C=O) groups is 2. The molecule has 1 aromatic heterocycles. The summed E-state index contributed by atoms with van der Waals surface area (Å²) in [5.74, 6) is -0.211. The van der Waals surface area contributed by atoms with E-state index in [9.17, 15) is 9.59 Å². The molecular formula is C14H18ClN3O3. The number of hydrogen-bond acceptors (Lipinski definition) is 4. The zero-order valence-corrected chi connectivity index (χ0v) is 12.6. The molecule has 1 aromatic rings. The van der Waals surface area contributed by atoms with E-state index in [1.807, 2.05) is 0 Å². The predicted molar refractivity (Wildman–Crippen MR) is 78.3 cm³/mol. The first kappa shape index (κ1) is 15.6. The normalized spacial score (nSPS) is 15.6. The van der Waals surface area contributed by atoms with E-state index in [0.717, 1.165) is 0 Å². The van der Waals surface area contributed by atoms with Crippen LogP contribution in [0.4, 0.5) is 4.79 Å². The van der Waals surface area contributed by atoms with E-state index in [1.54, 1.807) is 17.9 Å². The summed E-state index contributed by atoms with van der Waals surface area (Å²) in [5, 5.41) is 3.27. The van der Waals surface area contributed by atoms with Gasteiger partial charge >= 0.3 is 6.09 Å². The Morgan fingerprint density at radius 1 is 1.48 bits per heavy atom. The number of carbonyl (C=O) groups excluding carboxylic acids is 2. The van der Waals surface area contributed by atoms with E-state index >= 15 is 0 Å². The lowest BCUT2D eigenvalue weighted by Gasteiger charge is -2.31. The van der Waals surface area contributed by atoms with Crippen LogP contribution >= 0.6 is 11.6 Å². The van der Waals surface area contributed by atoms with Crippen molar-refractivity contribution in [1.29, 1.82) is 0 Å². The molecule has 21 heavy (non-hydrogen) atoms. The molecule has 0 radical (unpaired) electrons. The van der Waals surface area contributed by atoms with Crippen molar-refractivity contribution in [2.24, 2.45) is 0 Å². The van der Waals surface area contributed by atoms with E-state index in [1.165, 1.54) is 12.4 Å². The smallest absolute Gasteiger partial charge is 0.409 e. The van der Waals surface area contributed by atoms with Crippen LogP contribution in [0, 0.1) is 0 Å². The number of aromatic nitrogens is 1. The quantitative estimate of drug-likeness (QED) is 0.927. The van der Waals surface area contributed by atoms with Crippen LogP contribution in [0.15, 0.2) is 18.5 Å². The third-order valence-corrected chi connectivity index (χ3v) is 3.67. The number of halogens is 1. The summed E-state index contributed by atoms with van der Waals surface area (Å²) in [6.07, 6.45) is 4.09. The largest absolute Gasteiger partial charge is 0.450 e. The van der Waals surface area contributed by atoms with Crippen LogP contribution < -0.4 is 5.32 Å². The minimum Gasteiger partial charge on any atom is -0.450 e. The summed E-state index contributed by atoms with van der Waals surface area (Å²) >= 11 is 5.94. The van der Waals surface area contributed by atoms with Crippen LogP contribution in [0.25, 0.3) is 0 Å². The number of amides is 2. The Bertz CT molecular complexity index is 516. The van der Waals surface area contributed by atoms with Crippen molar-refractivity contribution in [3.05, 3.63) is 29.0 Å². The second kappa shape index (κ2) is 7.26. The Balaban J connectivity index is 1.85. The van der Waals surface area contributed by atoms with Gasteiger partial charge in [0.05, 0.1) is 17.2 Å². The van der Waals surface area contributed by atoms with E-state index in [2.05, 4.69) is 10.3 Å². The molecule has 6 nitrogen and oxygen atoms in total. The lowest BCUT2D eigenvalue weighted by atomic mass is 10.0. The van der Waals surface area contributed by atoms with Gasteiger partial charge in [-0.05, 0) is 25.8 Å². The molecule has 114 valence electrons. The highest BCUT2D eigenvalue weighted by Crippen LogP contribution is 2.16. The summed E-state index contributed by atoms with van der Waals surface area (Å²) in [7, 11) is 0. The van der Waals surface area contributed by atoms with Crippen molar-refractivity contribution in [2.45, 2.75) is 25.8 Å². The van der Waals surface area contributed by atoms with Gasteiger partial charge in [-0.15, -0.1) is 0 Å². The Hall–Kier alpha value is -1.82. The van der Waals surface area contributed by atoms with Crippen molar-refractivity contribution in [3.63, 3.8) is 0 Å². The van der Waals surface area contributed by atoms with Gasteiger partial charge in [-0.3, -0.25) is 9.78 Å². The van der Waals surface area contributed by atoms with Crippen LogP contribution in [0.5, 0.6) is 0 Å². The summed E-state index contributed by atoms with van der Waals surface area (Å²) in [5.41, 5.74) is 0.416. The molecule has 1 saturated heterocycles. The molecule has 1 N–H and O–H groups in total. The lowest BCUT2D eigenvalue weighted by molar-refractivity contribution is 0.0860. The van der Waals surface area contributed by atoms with Crippen LogP contribution in [0.3, 0.4) is 0 Å². The molecule has 0 aliphatic carbocycles. The molecule has 1 fully saturated rings. The molecule has 7 heteroatoms. The third kappa shape index (κ3) is 4.07. The maximum atomic E-state index is 12.1. The monoisotopic (exact) mass is 311 g/mol. The minimum atomic E-state index is -0.292. The first-order chi connectivity index (χ1) is 10.1. The Labute approximate surface area is 128 Å². The molecule has 1 aliphatic heterocycles. The van der Waals surface area contributed by atoms with Crippen LogP contribution in [0.1, 0.15) is 30.1 Å². The Morgan fingerprint density at radius 3 is 2.81 bits per heavy atom. The average Bonchev–Trinajstić information content (AvgIpc) is 2.48.